The summed E-state index contributed by atoms with van der Waals surface area (Å²) in [4.78, 5) is 11.1. The third kappa shape index (κ3) is 11.2. The minimum absolute atomic E-state index is 0.00849. The summed E-state index contributed by atoms with van der Waals surface area (Å²) in [7, 11) is 0. The van der Waals surface area contributed by atoms with Crippen molar-refractivity contribution in [3.05, 3.63) is 0 Å². The largest absolute Gasteiger partial charge is 0.374 e. The van der Waals surface area contributed by atoms with Gasteiger partial charge in [-0.1, -0.05) is 0 Å². The topological polar surface area (TPSA) is 64.4 Å². The van der Waals surface area contributed by atoms with Crippen molar-refractivity contribution in [1.29, 1.82) is 0 Å². The fraction of sp³-hybridized carbons (Fsp3) is 0.889. The van der Waals surface area contributed by atoms with Crippen molar-refractivity contribution in [2.24, 2.45) is 5.73 Å². The molecule has 1 amide bonds. The van der Waals surface area contributed by atoms with E-state index in [-0.39, 0.29) is 25.1 Å². The van der Waals surface area contributed by atoms with Crippen LogP contribution >= 0.6 is 0 Å². The molecule has 0 fully saturated rings. The Morgan fingerprint density at radius 3 is 2.73 bits per heavy atom. The van der Waals surface area contributed by atoms with E-state index < -0.39 is 13.0 Å². The zero-order valence-corrected chi connectivity index (χ0v) is 8.84. The number of nitrogens with two attached hydrogens (primary N) is 1. The van der Waals surface area contributed by atoms with E-state index in [4.69, 9.17) is 5.73 Å². The molecule has 0 heterocycles. The smallest absolute Gasteiger partial charge is 0.261 e. The maximum absolute atomic E-state index is 11.6. The Balaban J connectivity index is 3.24. The summed E-state index contributed by atoms with van der Waals surface area (Å²) >= 11 is 0. The fourth-order valence-electron chi connectivity index (χ4n) is 0.882. The van der Waals surface area contributed by atoms with Gasteiger partial charge in [-0.15, -0.1) is 0 Å². The van der Waals surface area contributed by atoms with Crippen LogP contribution in [0.5, 0.6) is 0 Å². The summed E-state index contributed by atoms with van der Waals surface area (Å²) < 4.78 is 27.8. The van der Waals surface area contributed by atoms with E-state index >= 15 is 0 Å². The van der Waals surface area contributed by atoms with Crippen LogP contribution in [0.4, 0.5) is 8.78 Å². The summed E-state index contributed by atoms with van der Waals surface area (Å²) in [5.41, 5.74) is 5.46. The van der Waals surface area contributed by atoms with Gasteiger partial charge in [0.1, 0.15) is 6.61 Å². The number of amides is 1. The van der Waals surface area contributed by atoms with E-state index in [0.717, 1.165) is 0 Å². The van der Waals surface area contributed by atoms with Gasteiger partial charge < -0.3 is 15.8 Å². The molecule has 1 unspecified atom stereocenters. The van der Waals surface area contributed by atoms with Gasteiger partial charge >= 0.3 is 0 Å². The average molecular weight is 224 g/mol. The van der Waals surface area contributed by atoms with Crippen LogP contribution in [0.2, 0.25) is 0 Å². The van der Waals surface area contributed by atoms with Crippen LogP contribution in [0.3, 0.4) is 0 Å². The van der Waals surface area contributed by atoms with Gasteiger partial charge in [-0.3, -0.25) is 4.79 Å². The molecular weight excluding hydrogens is 206 g/mol. The quantitative estimate of drug-likeness (QED) is 0.590. The number of halogens is 2. The number of nitrogens with one attached hydrogen (secondary N) is 1. The molecule has 1 atom stereocenters. The fourth-order valence-corrected chi connectivity index (χ4v) is 0.882. The second-order valence-corrected chi connectivity index (χ2v) is 3.33. The van der Waals surface area contributed by atoms with E-state index in [1.165, 1.54) is 0 Å². The number of carbonyl (C=O) groups excluding carboxylic acids is 1. The van der Waals surface area contributed by atoms with Gasteiger partial charge in [0.2, 0.25) is 5.91 Å². The Labute approximate surface area is 88.2 Å². The molecule has 3 N–H and O–H groups in total. The molecule has 0 saturated carbocycles. The monoisotopic (exact) mass is 224 g/mol. The summed E-state index contributed by atoms with van der Waals surface area (Å²) in [6.07, 6.45) is -1.49. The predicted molar refractivity (Wildman–Crippen MR) is 52.7 cm³/mol. The summed E-state index contributed by atoms with van der Waals surface area (Å²) in [5, 5.41) is 2.55. The highest BCUT2D eigenvalue weighted by Gasteiger charge is 2.04. The molecule has 0 radical (unpaired) electrons. The Morgan fingerprint density at radius 1 is 1.53 bits per heavy atom. The first kappa shape index (κ1) is 14.2. The second-order valence-electron chi connectivity index (χ2n) is 3.33. The molecule has 15 heavy (non-hydrogen) atoms. The van der Waals surface area contributed by atoms with Crippen molar-refractivity contribution >= 4 is 5.91 Å². The molecule has 0 rings (SSSR count). The van der Waals surface area contributed by atoms with Crippen molar-refractivity contribution in [3.8, 4) is 0 Å². The molecule has 90 valence electrons. The molecule has 0 bridgehead atoms. The number of rotatable bonds is 8. The lowest BCUT2D eigenvalue weighted by atomic mass is 10.2. The van der Waals surface area contributed by atoms with E-state index in [1.807, 2.05) is 6.92 Å². The zero-order valence-electron chi connectivity index (χ0n) is 8.84. The van der Waals surface area contributed by atoms with E-state index in [0.29, 0.717) is 12.8 Å². The highest BCUT2D eigenvalue weighted by molar-refractivity contribution is 5.75. The molecule has 0 saturated heterocycles. The first-order chi connectivity index (χ1) is 7.02. The molecule has 4 nitrogen and oxygen atoms in total. The zero-order chi connectivity index (χ0) is 11.7. The van der Waals surface area contributed by atoms with Gasteiger partial charge in [0, 0.05) is 19.0 Å². The van der Waals surface area contributed by atoms with Crippen LogP contribution < -0.4 is 11.1 Å². The molecule has 0 aliphatic rings. The first-order valence-electron chi connectivity index (χ1n) is 4.90. The molecule has 0 aromatic rings. The number of alkyl halides is 2. The van der Waals surface area contributed by atoms with Gasteiger partial charge in [-0.05, 0) is 13.3 Å². The standard InChI is InChI=1S/C9H18F2N2O2/c1-7(12)2-3-9(14)13-4-5-15-6-8(10)11/h7-8H,2-6,12H2,1H3,(H,13,14). The minimum atomic E-state index is -2.46. The van der Waals surface area contributed by atoms with Crippen molar-refractivity contribution in [3.63, 3.8) is 0 Å². The van der Waals surface area contributed by atoms with Crippen LogP contribution in [-0.4, -0.2) is 38.1 Å². The maximum atomic E-state index is 11.6. The van der Waals surface area contributed by atoms with Gasteiger partial charge in [0.15, 0.2) is 0 Å². The second kappa shape index (κ2) is 8.55. The van der Waals surface area contributed by atoms with Crippen LogP contribution in [-0.2, 0) is 9.53 Å². The third-order valence-corrected chi connectivity index (χ3v) is 1.64. The number of carbonyl (C=O) groups is 1. The average Bonchev–Trinajstić information content (AvgIpc) is 2.13. The summed E-state index contributed by atoms with van der Waals surface area (Å²) in [5.74, 6) is -0.132. The van der Waals surface area contributed by atoms with Crippen molar-refractivity contribution in [1.82, 2.24) is 5.32 Å². The molecule has 0 aliphatic heterocycles. The molecule has 0 aromatic heterocycles. The van der Waals surface area contributed by atoms with Crippen molar-refractivity contribution in [2.45, 2.75) is 32.2 Å². The van der Waals surface area contributed by atoms with Gasteiger partial charge in [0.25, 0.3) is 6.43 Å². The highest BCUT2D eigenvalue weighted by atomic mass is 19.3. The van der Waals surface area contributed by atoms with E-state index in [1.54, 1.807) is 0 Å². The molecular formula is C9H18F2N2O2. The van der Waals surface area contributed by atoms with Crippen LogP contribution in [0.1, 0.15) is 19.8 Å². The molecule has 6 heteroatoms. The maximum Gasteiger partial charge on any atom is 0.261 e. The summed E-state index contributed by atoms with van der Waals surface area (Å²) in [6, 6.07) is -0.00849. The number of ether oxygens (including phenoxy) is 1. The Hall–Kier alpha value is -0.750. The van der Waals surface area contributed by atoms with Gasteiger partial charge in [0.05, 0.1) is 6.61 Å². The lowest BCUT2D eigenvalue weighted by Gasteiger charge is -2.07. The number of hydrogen-bond donors (Lipinski definition) is 2. The number of hydrogen-bond acceptors (Lipinski definition) is 3. The third-order valence-electron chi connectivity index (χ3n) is 1.64. The Kier molecular flexibility index (Phi) is 8.12. The van der Waals surface area contributed by atoms with Gasteiger partial charge in [-0.25, -0.2) is 8.78 Å². The predicted octanol–water partition coefficient (Wildman–Crippen LogP) is 0.512. The van der Waals surface area contributed by atoms with Gasteiger partial charge in [-0.2, -0.15) is 0 Å². The molecule has 0 aromatic carbocycles. The van der Waals surface area contributed by atoms with E-state index in [9.17, 15) is 13.6 Å². The Bertz CT molecular complexity index is 177. The van der Waals surface area contributed by atoms with Crippen LogP contribution in [0, 0.1) is 0 Å². The SMILES string of the molecule is CC(N)CCC(=O)NCCOCC(F)F. The summed E-state index contributed by atoms with van der Waals surface area (Å²) in [6.45, 7) is 1.59. The normalized spacial score (nSPS) is 12.9. The first-order valence-corrected chi connectivity index (χ1v) is 4.90. The van der Waals surface area contributed by atoms with Crippen LogP contribution in [0.15, 0.2) is 0 Å². The lowest BCUT2D eigenvalue weighted by molar-refractivity contribution is -0.121. The van der Waals surface area contributed by atoms with Crippen molar-refractivity contribution in [2.75, 3.05) is 19.8 Å². The molecule has 0 spiro atoms. The minimum Gasteiger partial charge on any atom is -0.374 e. The van der Waals surface area contributed by atoms with Crippen LogP contribution in [0.25, 0.3) is 0 Å². The van der Waals surface area contributed by atoms with Crippen molar-refractivity contribution < 1.29 is 18.3 Å². The van der Waals surface area contributed by atoms with E-state index in [2.05, 4.69) is 10.1 Å². The highest BCUT2D eigenvalue weighted by Crippen LogP contribution is 1.93. The Morgan fingerprint density at radius 2 is 2.20 bits per heavy atom. The molecule has 0 aliphatic carbocycles. The lowest BCUT2D eigenvalue weighted by Crippen LogP contribution is -2.29.